The van der Waals surface area contributed by atoms with Crippen LogP contribution in [-0.2, 0) is 11.3 Å². The van der Waals surface area contributed by atoms with Gasteiger partial charge in [0.25, 0.3) is 0 Å². The summed E-state index contributed by atoms with van der Waals surface area (Å²) in [5.41, 5.74) is 0.995. The number of benzene rings is 1. The third kappa shape index (κ3) is 5.13. The fraction of sp³-hybridized carbons (Fsp3) is 0.368. The highest BCUT2D eigenvalue weighted by Crippen LogP contribution is 2.18. The molecule has 2 heterocycles. The molecule has 1 aliphatic heterocycles. The summed E-state index contributed by atoms with van der Waals surface area (Å²) in [5, 5.41) is 5.34. The second-order valence-electron chi connectivity index (χ2n) is 6.34. The molecule has 3 rings (SSSR count). The van der Waals surface area contributed by atoms with Crippen LogP contribution in [0.5, 0.6) is 0 Å². The summed E-state index contributed by atoms with van der Waals surface area (Å²) >= 11 is 0. The van der Waals surface area contributed by atoms with Gasteiger partial charge in [0, 0.05) is 31.4 Å². The van der Waals surface area contributed by atoms with E-state index in [2.05, 4.69) is 20.5 Å². The minimum Gasteiger partial charge on any atom is -0.378 e. The normalized spacial score (nSPS) is 15.3. The van der Waals surface area contributed by atoms with E-state index < -0.39 is 23.7 Å². The minimum absolute atomic E-state index is 0.101. The van der Waals surface area contributed by atoms with Crippen molar-refractivity contribution in [1.82, 2.24) is 15.6 Å². The SMILES string of the molecule is C[C@@H](NC(=O)NCc1ccnc(N2CCOCC2)c1)c1cc(F)ccc1F. The molecule has 0 unspecified atom stereocenters. The number of nitrogens with one attached hydrogen (secondary N) is 2. The monoisotopic (exact) mass is 376 g/mol. The minimum atomic E-state index is -0.665. The quantitative estimate of drug-likeness (QED) is 0.842. The van der Waals surface area contributed by atoms with Crippen LogP contribution in [0.2, 0.25) is 0 Å². The zero-order chi connectivity index (χ0) is 19.2. The molecular weight excluding hydrogens is 354 g/mol. The number of anilines is 1. The van der Waals surface area contributed by atoms with Crippen molar-refractivity contribution in [2.75, 3.05) is 31.2 Å². The Morgan fingerprint density at radius 3 is 2.81 bits per heavy atom. The number of amides is 2. The lowest BCUT2D eigenvalue weighted by molar-refractivity contribution is 0.122. The predicted molar refractivity (Wildman–Crippen MR) is 97.4 cm³/mol. The van der Waals surface area contributed by atoms with Crippen molar-refractivity contribution in [2.24, 2.45) is 0 Å². The number of carbonyl (C=O) groups is 1. The van der Waals surface area contributed by atoms with Gasteiger partial charge in [0.1, 0.15) is 17.5 Å². The summed E-state index contributed by atoms with van der Waals surface area (Å²) < 4.78 is 32.4. The Bertz CT molecular complexity index is 797. The van der Waals surface area contributed by atoms with E-state index in [9.17, 15) is 13.6 Å². The molecular formula is C19H22F2N4O2. The lowest BCUT2D eigenvalue weighted by Crippen LogP contribution is -2.37. The van der Waals surface area contributed by atoms with Gasteiger partial charge >= 0.3 is 6.03 Å². The molecule has 1 aromatic carbocycles. The van der Waals surface area contributed by atoms with Crippen LogP contribution >= 0.6 is 0 Å². The molecule has 0 saturated carbocycles. The van der Waals surface area contributed by atoms with E-state index in [0.29, 0.717) is 19.8 Å². The highest BCUT2D eigenvalue weighted by Gasteiger charge is 2.15. The first-order valence-electron chi connectivity index (χ1n) is 8.80. The average molecular weight is 376 g/mol. The number of ether oxygens (including phenoxy) is 1. The number of urea groups is 1. The number of pyridine rings is 1. The molecule has 1 aliphatic rings. The van der Waals surface area contributed by atoms with Crippen LogP contribution in [0.25, 0.3) is 0 Å². The lowest BCUT2D eigenvalue weighted by Gasteiger charge is -2.28. The molecule has 1 saturated heterocycles. The summed E-state index contributed by atoms with van der Waals surface area (Å²) in [5.74, 6) is -0.269. The first kappa shape index (κ1) is 19.0. The second-order valence-corrected chi connectivity index (χ2v) is 6.34. The fourth-order valence-corrected chi connectivity index (χ4v) is 2.89. The third-order valence-corrected chi connectivity index (χ3v) is 4.37. The topological polar surface area (TPSA) is 66.5 Å². The molecule has 1 atom stereocenters. The van der Waals surface area contributed by atoms with Crippen LogP contribution in [0.15, 0.2) is 36.5 Å². The van der Waals surface area contributed by atoms with Crippen molar-refractivity contribution in [1.29, 1.82) is 0 Å². The van der Waals surface area contributed by atoms with Crippen LogP contribution in [-0.4, -0.2) is 37.3 Å². The van der Waals surface area contributed by atoms with Gasteiger partial charge < -0.3 is 20.3 Å². The highest BCUT2D eigenvalue weighted by atomic mass is 19.1. The van der Waals surface area contributed by atoms with Crippen molar-refractivity contribution in [3.63, 3.8) is 0 Å². The molecule has 0 radical (unpaired) electrons. The summed E-state index contributed by atoms with van der Waals surface area (Å²) in [7, 11) is 0. The number of nitrogens with zero attached hydrogens (tertiary/aromatic N) is 2. The Balaban J connectivity index is 1.55. The Morgan fingerprint density at radius 1 is 1.26 bits per heavy atom. The lowest BCUT2D eigenvalue weighted by atomic mass is 10.1. The van der Waals surface area contributed by atoms with Crippen LogP contribution in [0.4, 0.5) is 19.4 Å². The number of aromatic nitrogens is 1. The van der Waals surface area contributed by atoms with Crippen LogP contribution in [0.3, 0.4) is 0 Å². The van der Waals surface area contributed by atoms with Gasteiger partial charge in [-0.25, -0.2) is 18.6 Å². The van der Waals surface area contributed by atoms with Gasteiger partial charge in [-0.1, -0.05) is 0 Å². The molecule has 8 heteroatoms. The van der Waals surface area contributed by atoms with Gasteiger partial charge in [-0.2, -0.15) is 0 Å². The van der Waals surface area contributed by atoms with Gasteiger partial charge in [-0.15, -0.1) is 0 Å². The molecule has 2 N–H and O–H groups in total. The van der Waals surface area contributed by atoms with E-state index >= 15 is 0 Å². The van der Waals surface area contributed by atoms with Crippen molar-refractivity contribution >= 4 is 11.8 Å². The molecule has 1 fully saturated rings. The van der Waals surface area contributed by atoms with Crippen molar-refractivity contribution < 1.29 is 18.3 Å². The van der Waals surface area contributed by atoms with Crippen LogP contribution in [0.1, 0.15) is 24.1 Å². The second kappa shape index (κ2) is 8.77. The zero-order valence-corrected chi connectivity index (χ0v) is 15.0. The average Bonchev–Trinajstić information content (AvgIpc) is 2.69. The number of carbonyl (C=O) groups excluding carboxylic acids is 1. The first-order valence-corrected chi connectivity index (χ1v) is 8.80. The number of halogens is 2. The van der Waals surface area contributed by atoms with Crippen molar-refractivity contribution in [3.8, 4) is 0 Å². The van der Waals surface area contributed by atoms with Crippen LogP contribution in [0, 0.1) is 11.6 Å². The number of morpholine rings is 1. The summed E-state index contributed by atoms with van der Waals surface area (Å²) in [6.07, 6.45) is 1.70. The first-order chi connectivity index (χ1) is 13.0. The maximum absolute atomic E-state index is 13.8. The van der Waals surface area contributed by atoms with E-state index in [0.717, 1.165) is 42.7 Å². The van der Waals surface area contributed by atoms with Gasteiger partial charge in [-0.3, -0.25) is 0 Å². The third-order valence-electron chi connectivity index (χ3n) is 4.37. The van der Waals surface area contributed by atoms with Gasteiger partial charge in [0.15, 0.2) is 0 Å². The van der Waals surface area contributed by atoms with E-state index in [-0.39, 0.29) is 5.56 Å². The summed E-state index contributed by atoms with van der Waals surface area (Å²) in [4.78, 5) is 18.6. The number of hydrogen-bond donors (Lipinski definition) is 2. The molecule has 2 amide bonds. The molecule has 27 heavy (non-hydrogen) atoms. The van der Waals surface area contributed by atoms with Gasteiger partial charge in [0.05, 0.1) is 19.3 Å². The largest absolute Gasteiger partial charge is 0.378 e. The Labute approximate surface area is 156 Å². The smallest absolute Gasteiger partial charge is 0.315 e. The van der Waals surface area contributed by atoms with E-state index in [4.69, 9.17) is 4.74 Å². The number of hydrogen-bond acceptors (Lipinski definition) is 4. The fourth-order valence-electron chi connectivity index (χ4n) is 2.89. The maximum Gasteiger partial charge on any atom is 0.315 e. The van der Waals surface area contributed by atoms with Crippen molar-refractivity contribution in [3.05, 3.63) is 59.3 Å². The molecule has 0 aliphatic carbocycles. The van der Waals surface area contributed by atoms with E-state index in [1.54, 1.807) is 13.1 Å². The maximum atomic E-state index is 13.8. The molecule has 2 aromatic rings. The molecule has 6 nitrogen and oxygen atoms in total. The Hall–Kier alpha value is -2.74. The predicted octanol–water partition coefficient (Wildman–Crippen LogP) is 2.76. The van der Waals surface area contributed by atoms with E-state index in [1.165, 1.54) is 0 Å². The number of rotatable bonds is 5. The van der Waals surface area contributed by atoms with Crippen molar-refractivity contribution in [2.45, 2.75) is 19.5 Å². The van der Waals surface area contributed by atoms with E-state index in [1.807, 2.05) is 12.1 Å². The Morgan fingerprint density at radius 2 is 2.04 bits per heavy atom. The van der Waals surface area contributed by atoms with Gasteiger partial charge in [0.2, 0.25) is 0 Å². The molecule has 0 spiro atoms. The molecule has 1 aromatic heterocycles. The standard InChI is InChI=1S/C19H22F2N4O2/c1-13(16-11-15(20)2-3-17(16)21)24-19(26)23-12-14-4-5-22-18(10-14)25-6-8-27-9-7-25/h2-5,10-11,13H,6-9,12H2,1H3,(H2,23,24,26)/t13-/m1/s1. The van der Waals surface area contributed by atoms with Gasteiger partial charge in [-0.05, 0) is 42.8 Å². The Kier molecular flexibility index (Phi) is 6.18. The zero-order valence-electron chi connectivity index (χ0n) is 15.0. The molecule has 0 bridgehead atoms. The highest BCUT2D eigenvalue weighted by molar-refractivity contribution is 5.74. The summed E-state index contributed by atoms with van der Waals surface area (Å²) in [6.45, 7) is 4.79. The molecule has 144 valence electrons. The van der Waals surface area contributed by atoms with Crippen LogP contribution < -0.4 is 15.5 Å². The summed E-state index contributed by atoms with van der Waals surface area (Å²) in [6, 6.07) is 5.78.